The van der Waals surface area contributed by atoms with Crippen molar-refractivity contribution in [3.63, 3.8) is 0 Å². The van der Waals surface area contributed by atoms with E-state index in [1.807, 2.05) is 0 Å². The van der Waals surface area contributed by atoms with Gasteiger partial charge in [-0.3, -0.25) is 9.20 Å². The minimum absolute atomic E-state index is 0.00332. The van der Waals surface area contributed by atoms with Gasteiger partial charge in [-0.25, -0.2) is 14.8 Å². The van der Waals surface area contributed by atoms with Crippen molar-refractivity contribution < 1.29 is 23.1 Å². The number of hydrogen-bond donors (Lipinski definition) is 2. The van der Waals surface area contributed by atoms with Crippen LogP contribution in [0.1, 0.15) is 53.0 Å². The number of nitrogens with one attached hydrogen (secondary N) is 1. The number of anilines is 2. The second-order valence-corrected chi connectivity index (χ2v) is 9.86. The van der Waals surface area contributed by atoms with Crippen molar-refractivity contribution in [2.75, 3.05) is 23.3 Å². The minimum Gasteiger partial charge on any atom is -0.476 e. The van der Waals surface area contributed by atoms with Crippen LogP contribution in [0, 0.1) is 18.8 Å². The van der Waals surface area contributed by atoms with Gasteiger partial charge in [0.2, 0.25) is 0 Å². The van der Waals surface area contributed by atoms with Crippen LogP contribution >= 0.6 is 11.6 Å². The maximum absolute atomic E-state index is 14.1. The first kappa shape index (κ1) is 24.4. The summed E-state index contributed by atoms with van der Waals surface area (Å²) < 4.78 is 43.3. The maximum Gasteiger partial charge on any atom is 0.425 e. The Labute approximate surface area is 208 Å². The van der Waals surface area contributed by atoms with Crippen LogP contribution < -0.4 is 15.8 Å². The number of carbonyl (C=O) groups is 1. The lowest BCUT2D eigenvalue weighted by Crippen LogP contribution is -2.38. The molecule has 1 saturated heterocycles. The normalized spacial score (nSPS) is 20.2. The van der Waals surface area contributed by atoms with Gasteiger partial charge < -0.3 is 15.3 Å². The average molecular weight is 522 g/mol. The summed E-state index contributed by atoms with van der Waals surface area (Å²) in [5.74, 6) is -0.785. The second-order valence-electron chi connectivity index (χ2n) is 9.47. The zero-order valence-electron chi connectivity index (χ0n) is 19.4. The number of aryl methyl sites for hydroxylation is 1. The van der Waals surface area contributed by atoms with Gasteiger partial charge >= 0.3 is 12.1 Å². The van der Waals surface area contributed by atoms with Crippen LogP contribution in [0.4, 0.5) is 24.7 Å². The van der Waals surface area contributed by atoms with Crippen LogP contribution in [0.3, 0.4) is 0 Å². The van der Waals surface area contributed by atoms with E-state index in [4.69, 9.17) is 11.6 Å². The molecule has 0 radical (unpaired) electrons. The van der Waals surface area contributed by atoms with Gasteiger partial charge in [-0.1, -0.05) is 11.6 Å². The molecule has 2 unspecified atom stereocenters. The number of piperidine rings is 1. The molecule has 3 atom stereocenters. The van der Waals surface area contributed by atoms with Crippen LogP contribution in [0.25, 0.3) is 5.65 Å². The molecule has 2 fully saturated rings. The monoisotopic (exact) mass is 521 g/mol. The summed E-state index contributed by atoms with van der Waals surface area (Å²) in [6, 6.07) is 3.97. The molecular formula is C24H23ClF3N5O3. The molecule has 0 spiro atoms. The van der Waals surface area contributed by atoms with Gasteiger partial charge in [0.15, 0.2) is 11.3 Å². The van der Waals surface area contributed by atoms with E-state index in [0.717, 1.165) is 17.2 Å². The molecule has 8 nitrogen and oxygen atoms in total. The van der Waals surface area contributed by atoms with E-state index in [1.165, 1.54) is 18.3 Å². The maximum atomic E-state index is 14.1. The van der Waals surface area contributed by atoms with Gasteiger partial charge in [0.25, 0.3) is 5.56 Å². The molecule has 2 aliphatic rings. The van der Waals surface area contributed by atoms with E-state index in [9.17, 15) is 27.9 Å². The van der Waals surface area contributed by atoms with Gasteiger partial charge in [0.1, 0.15) is 16.6 Å². The Morgan fingerprint density at radius 3 is 2.69 bits per heavy atom. The van der Waals surface area contributed by atoms with Crippen molar-refractivity contribution in [1.82, 2.24) is 14.4 Å². The lowest BCUT2D eigenvalue weighted by Gasteiger charge is -2.30. The Balaban J connectivity index is 1.66. The van der Waals surface area contributed by atoms with Crippen LogP contribution in [0.5, 0.6) is 0 Å². The van der Waals surface area contributed by atoms with E-state index in [-0.39, 0.29) is 28.0 Å². The lowest BCUT2D eigenvalue weighted by atomic mass is 10.1. The second kappa shape index (κ2) is 8.65. The van der Waals surface area contributed by atoms with Crippen molar-refractivity contribution in [2.45, 2.75) is 38.9 Å². The standard InChI is InChI=1S/C24H23ClF3N5O3/c1-11-7-15(12(2)29-16-3-4-17(25)30-19(16)23(35)36)20-31-21(32-6-5-13-8-14(13)10-32)18(24(26,27)28)22(34)33(20)9-11/h3-4,7,9,12-14,29H,5-6,8,10H2,1-2H3,(H,35,36)/t12-,13?,14?/m1/s1. The van der Waals surface area contributed by atoms with Crippen molar-refractivity contribution in [1.29, 1.82) is 0 Å². The third-order valence-corrected chi connectivity index (χ3v) is 7.06. The largest absolute Gasteiger partial charge is 0.476 e. The molecule has 2 N–H and O–H groups in total. The van der Waals surface area contributed by atoms with Gasteiger partial charge in [-0.2, -0.15) is 13.2 Å². The number of aromatic carboxylic acids is 1. The van der Waals surface area contributed by atoms with Crippen molar-refractivity contribution in [3.05, 3.63) is 62.3 Å². The van der Waals surface area contributed by atoms with Crippen LogP contribution in [0.2, 0.25) is 5.15 Å². The highest BCUT2D eigenvalue weighted by molar-refractivity contribution is 6.29. The topological polar surface area (TPSA) is 99.8 Å². The summed E-state index contributed by atoms with van der Waals surface area (Å²) in [4.78, 5) is 34.7. The fraction of sp³-hybridized carbons (Fsp3) is 0.417. The molecule has 4 heterocycles. The number of carboxylic acids is 1. The molecule has 0 amide bonds. The van der Waals surface area contributed by atoms with E-state index in [0.29, 0.717) is 36.1 Å². The molecule has 36 heavy (non-hydrogen) atoms. The van der Waals surface area contributed by atoms with Crippen molar-refractivity contribution in [2.24, 2.45) is 11.8 Å². The molecule has 3 aromatic rings. The molecule has 0 bridgehead atoms. The highest BCUT2D eigenvalue weighted by atomic mass is 35.5. The van der Waals surface area contributed by atoms with Crippen LogP contribution in [-0.4, -0.2) is 38.5 Å². The molecule has 190 valence electrons. The predicted molar refractivity (Wildman–Crippen MR) is 128 cm³/mol. The third kappa shape index (κ3) is 4.36. The predicted octanol–water partition coefficient (Wildman–Crippen LogP) is 4.79. The fourth-order valence-corrected chi connectivity index (χ4v) is 5.14. The van der Waals surface area contributed by atoms with Crippen molar-refractivity contribution >= 4 is 34.7 Å². The van der Waals surface area contributed by atoms with Crippen LogP contribution in [0.15, 0.2) is 29.2 Å². The van der Waals surface area contributed by atoms with Gasteiger partial charge in [0, 0.05) is 24.8 Å². The highest BCUT2D eigenvalue weighted by Gasteiger charge is 2.45. The number of carboxylic acid groups (broad SMARTS) is 1. The number of hydrogen-bond acceptors (Lipinski definition) is 6. The first-order valence-electron chi connectivity index (χ1n) is 11.5. The number of rotatable bonds is 5. The van der Waals surface area contributed by atoms with Gasteiger partial charge in [-0.15, -0.1) is 0 Å². The van der Waals surface area contributed by atoms with E-state index >= 15 is 0 Å². The molecule has 1 saturated carbocycles. The summed E-state index contributed by atoms with van der Waals surface area (Å²) in [5.41, 5.74) is -1.53. The van der Waals surface area contributed by atoms with Crippen molar-refractivity contribution in [3.8, 4) is 0 Å². The molecule has 3 aromatic heterocycles. The Morgan fingerprint density at radius 2 is 2.03 bits per heavy atom. The zero-order valence-corrected chi connectivity index (χ0v) is 20.2. The molecule has 1 aliphatic carbocycles. The molecule has 5 rings (SSSR count). The summed E-state index contributed by atoms with van der Waals surface area (Å²) in [6.07, 6.45) is -1.79. The Bertz CT molecular complexity index is 1440. The van der Waals surface area contributed by atoms with Crippen LogP contribution in [-0.2, 0) is 6.18 Å². The summed E-state index contributed by atoms with van der Waals surface area (Å²) in [5, 5.41) is 12.5. The van der Waals surface area contributed by atoms with Gasteiger partial charge in [-0.05, 0) is 62.3 Å². The zero-order chi connectivity index (χ0) is 25.9. The Morgan fingerprint density at radius 1 is 1.28 bits per heavy atom. The molecule has 12 heteroatoms. The molecular weight excluding hydrogens is 499 g/mol. The Kier molecular flexibility index (Phi) is 5.85. The number of alkyl halides is 3. The quantitative estimate of drug-likeness (QED) is 0.466. The SMILES string of the molecule is Cc1cc([C@@H](C)Nc2ccc(Cl)nc2C(=O)O)c2nc(N3CCC4CC4C3)c(C(F)(F)F)c(=O)n2c1. The third-order valence-electron chi connectivity index (χ3n) is 6.85. The lowest BCUT2D eigenvalue weighted by molar-refractivity contribution is -0.138. The minimum atomic E-state index is -4.87. The summed E-state index contributed by atoms with van der Waals surface area (Å²) in [7, 11) is 0. The summed E-state index contributed by atoms with van der Waals surface area (Å²) >= 11 is 5.84. The molecule has 0 aromatic carbocycles. The van der Waals surface area contributed by atoms with Gasteiger partial charge in [0.05, 0.1) is 11.7 Å². The Hall–Kier alpha value is -3.34. The number of aromatic nitrogens is 3. The van der Waals surface area contributed by atoms with E-state index in [2.05, 4.69) is 15.3 Å². The fourth-order valence-electron chi connectivity index (χ4n) is 4.99. The molecule has 1 aliphatic heterocycles. The highest BCUT2D eigenvalue weighted by Crippen LogP contribution is 2.46. The average Bonchev–Trinajstić information content (AvgIpc) is 3.58. The number of pyridine rings is 2. The van der Waals surface area contributed by atoms with E-state index < -0.39 is 29.3 Å². The first-order valence-corrected chi connectivity index (χ1v) is 11.9. The first-order chi connectivity index (χ1) is 16.9. The number of nitrogens with zero attached hydrogens (tertiary/aromatic N) is 4. The smallest absolute Gasteiger partial charge is 0.425 e. The number of fused-ring (bicyclic) bond motifs is 2. The summed E-state index contributed by atoms with van der Waals surface area (Å²) in [6.45, 7) is 4.20. The number of halogens is 4. The van der Waals surface area contributed by atoms with E-state index in [1.54, 1.807) is 24.8 Å².